The van der Waals surface area contributed by atoms with E-state index in [1.807, 2.05) is 35.8 Å². The van der Waals surface area contributed by atoms with E-state index in [4.69, 9.17) is 9.47 Å². The third-order valence-electron chi connectivity index (χ3n) is 3.31. The van der Waals surface area contributed by atoms with Crippen molar-refractivity contribution in [2.24, 2.45) is 0 Å². The molecular formula is C15H22N4O2. The number of nitrogens with zero attached hydrogens (tertiary/aromatic N) is 4. The predicted molar refractivity (Wildman–Crippen MR) is 80.7 cm³/mol. The minimum atomic E-state index is 0.644. The van der Waals surface area contributed by atoms with E-state index in [-0.39, 0.29) is 0 Å². The number of likely N-dealkylation sites (N-methyl/N-ethyl adjacent to an activating group) is 1. The lowest BCUT2D eigenvalue weighted by molar-refractivity contribution is 0.231. The second-order valence-corrected chi connectivity index (χ2v) is 4.90. The van der Waals surface area contributed by atoms with Gasteiger partial charge in [0.1, 0.15) is 30.3 Å². The standard InChI is InChI=1S/C15H22N4O2/c1-13-17-16-12-19(13)8-7-18(2)9-10-21-15-6-4-5-14(11-15)20-3/h4-6,11-12H,7-10H2,1-3H3. The van der Waals surface area contributed by atoms with E-state index in [1.165, 1.54) is 0 Å². The fraction of sp³-hybridized carbons (Fsp3) is 0.467. The maximum atomic E-state index is 5.73. The molecule has 0 amide bonds. The number of benzene rings is 1. The fourth-order valence-electron chi connectivity index (χ4n) is 1.93. The highest BCUT2D eigenvalue weighted by Crippen LogP contribution is 2.18. The molecule has 0 bridgehead atoms. The van der Waals surface area contributed by atoms with Crippen LogP contribution in [0.2, 0.25) is 0 Å². The Labute approximate surface area is 125 Å². The molecular weight excluding hydrogens is 268 g/mol. The zero-order chi connectivity index (χ0) is 15.1. The second kappa shape index (κ2) is 7.64. The Balaban J connectivity index is 1.69. The first-order valence-corrected chi connectivity index (χ1v) is 6.99. The molecule has 21 heavy (non-hydrogen) atoms. The first kappa shape index (κ1) is 15.3. The molecule has 0 aliphatic rings. The van der Waals surface area contributed by atoms with E-state index < -0.39 is 0 Å². The molecule has 1 heterocycles. The summed E-state index contributed by atoms with van der Waals surface area (Å²) in [5, 5.41) is 7.85. The van der Waals surface area contributed by atoms with Crippen LogP contribution >= 0.6 is 0 Å². The molecule has 0 unspecified atom stereocenters. The van der Waals surface area contributed by atoms with Crippen LogP contribution in [0, 0.1) is 6.92 Å². The van der Waals surface area contributed by atoms with Gasteiger partial charge in [-0.15, -0.1) is 10.2 Å². The number of aryl methyl sites for hydroxylation is 1. The molecule has 0 aliphatic heterocycles. The Morgan fingerprint density at radius 2 is 2.05 bits per heavy atom. The van der Waals surface area contributed by atoms with Gasteiger partial charge in [0.05, 0.1) is 7.11 Å². The highest BCUT2D eigenvalue weighted by atomic mass is 16.5. The lowest BCUT2D eigenvalue weighted by Gasteiger charge is -2.17. The number of hydrogen-bond acceptors (Lipinski definition) is 5. The van der Waals surface area contributed by atoms with Crippen LogP contribution in [0.25, 0.3) is 0 Å². The number of methoxy groups -OCH3 is 1. The molecule has 0 N–H and O–H groups in total. The summed E-state index contributed by atoms with van der Waals surface area (Å²) in [6.45, 7) is 5.27. The molecule has 0 saturated carbocycles. The topological polar surface area (TPSA) is 52.4 Å². The molecule has 1 aromatic heterocycles. The molecule has 2 aromatic rings. The van der Waals surface area contributed by atoms with Crippen molar-refractivity contribution in [3.63, 3.8) is 0 Å². The zero-order valence-corrected chi connectivity index (χ0v) is 12.8. The molecule has 0 fully saturated rings. The van der Waals surface area contributed by atoms with Crippen molar-refractivity contribution in [3.05, 3.63) is 36.4 Å². The van der Waals surface area contributed by atoms with E-state index in [2.05, 4.69) is 22.1 Å². The first-order valence-electron chi connectivity index (χ1n) is 6.99. The van der Waals surface area contributed by atoms with Gasteiger partial charge in [0.25, 0.3) is 0 Å². The SMILES string of the molecule is COc1cccc(OCCN(C)CCn2cnnc2C)c1. The van der Waals surface area contributed by atoms with Crippen molar-refractivity contribution >= 4 is 0 Å². The van der Waals surface area contributed by atoms with Crippen LogP contribution in [0.5, 0.6) is 11.5 Å². The Bertz CT molecular complexity index is 556. The van der Waals surface area contributed by atoms with Gasteiger partial charge in [-0.05, 0) is 26.1 Å². The number of aromatic nitrogens is 3. The van der Waals surface area contributed by atoms with Crippen molar-refractivity contribution in [1.82, 2.24) is 19.7 Å². The summed E-state index contributed by atoms with van der Waals surface area (Å²) >= 11 is 0. The number of hydrogen-bond donors (Lipinski definition) is 0. The summed E-state index contributed by atoms with van der Waals surface area (Å²) in [6.07, 6.45) is 1.76. The van der Waals surface area contributed by atoms with Crippen molar-refractivity contribution in [3.8, 4) is 11.5 Å². The van der Waals surface area contributed by atoms with Crippen LogP contribution in [-0.4, -0.2) is 53.5 Å². The lowest BCUT2D eigenvalue weighted by Crippen LogP contribution is -2.28. The van der Waals surface area contributed by atoms with E-state index in [0.29, 0.717) is 6.61 Å². The number of rotatable bonds is 8. The molecule has 0 spiro atoms. The average Bonchev–Trinajstić information content (AvgIpc) is 2.91. The fourth-order valence-corrected chi connectivity index (χ4v) is 1.93. The van der Waals surface area contributed by atoms with E-state index in [9.17, 15) is 0 Å². The third-order valence-corrected chi connectivity index (χ3v) is 3.31. The van der Waals surface area contributed by atoms with Gasteiger partial charge in [-0.25, -0.2) is 0 Å². The van der Waals surface area contributed by atoms with E-state index >= 15 is 0 Å². The number of ether oxygens (including phenoxy) is 2. The van der Waals surface area contributed by atoms with Crippen molar-refractivity contribution in [2.75, 3.05) is 33.9 Å². The predicted octanol–water partition coefficient (Wildman–Crippen LogP) is 1.61. The largest absolute Gasteiger partial charge is 0.497 e. The van der Waals surface area contributed by atoms with Crippen LogP contribution < -0.4 is 9.47 Å². The van der Waals surface area contributed by atoms with E-state index in [0.717, 1.165) is 37.0 Å². The highest BCUT2D eigenvalue weighted by Gasteiger charge is 2.03. The van der Waals surface area contributed by atoms with Gasteiger partial charge in [-0.1, -0.05) is 6.07 Å². The monoisotopic (exact) mass is 290 g/mol. The molecule has 0 radical (unpaired) electrons. The summed E-state index contributed by atoms with van der Waals surface area (Å²) in [5.41, 5.74) is 0. The summed E-state index contributed by atoms with van der Waals surface area (Å²) in [7, 11) is 3.73. The van der Waals surface area contributed by atoms with Crippen molar-refractivity contribution in [1.29, 1.82) is 0 Å². The van der Waals surface area contributed by atoms with Gasteiger partial charge >= 0.3 is 0 Å². The summed E-state index contributed by atoms with van der Waals surface area (Å²) in [4.78, 5) is 2.22. The minimum Gasteiger partial charge on any atom is -0.497 e. The molecule has 0 saturated heterocycles. The molecule has 2 rings (SSSR count). The molecule has 0 aliphatic carbocycles. The van der Waals surface area contributed by atoms with Gasteiger partial charge in [-0.2, -0.15) is 0 Å². The Morgan fingerprint density at radius 1 is 1.24 bits per heavy atom. The maximum Gasteiger partial charge on any atom is 0.129 e. The molecule has 1 aromatic carbocycles. The van der Waals surface area contributed by atoms with Crippen molar-refractivity contribution in [2.45, 2.75) is 13.5 Å². The quantitative estimate of drug-likeness (QED) is 0.739. The Kier molecular flexibility index (Phi) is 5.57. The lowest BCUT2D eigenvalue weighted by atomic mass is 10.3. The van der Waals surface area contributed by atoms with Crippen LogP contribution in [0.3, 0.4) is 0 Å². The summed E-state index contributed by atoms with van der Waals surface area (Å²) in [6, 6.07) is 7.65. The first-order chi connectivity index (χ1) is 10.2. The molecule has 114 valence electrons. The van der Waals surface area contributed by atoms with Crippen LogP contribution in [0.15, 0.2) is 30.6 Å². The average molecular weight is 290 g/mol. The van der Waals surface area contributed by atoms with Gasteiger partial charge in [0.15, 0.2) is 0 Å². The molecule has 6 nitrogen and oxygen atoms in total. The van der Waals surface area contributed by atoms with Gasteiger partial charge in [0, 0.05) is 25.7 Å². The smallest absolute Gasteiger partial charge is 0.129 e. The van der Waals surface area contributed by atoms with Crippen LogP contribution in [0.1, 0.15) is 5.82 Å². The molecule has 0 atom stereocenters. The summed E-state index contributed by atoms with van der Waals surface area (Å²) < 4.78 is 12.9. The molecule has 6 heteroatoms. The Hall–Kier alpha value is -2.08. The maximum absolute atomic E-state index is 5.73. The van der Waals surface area contributed by atoms with Crippen LogP contribution in [0.4, 0.5) is 0 Å². The van der Waals surface area contributed by atoms with E-state index in [1.54, 1.807) is 13.4 Å². The zero-order valence-electron chi connectivity index (χ0n) is 12.8. The second-order valence-electron chi connectivity index (χ2n) is 4.90. The summed E-state index contributed by atoms with van der Waals surface area (Å²) in [5.74, 6) is 2.58. The van der Waals surface area contributed by atoms with Crippen LogP contribution in [-0.2, 0) is 6.54 Å². The van der Waals surface area contributed by atoms with Gasteiger partial charge in [0.2, 0.25) is 0 Å². The van der Waals surface area contributed by atoms with Crippen molar-refractivity contribution < 1.29 is 9.47 Å². The third kappa shape index (κ3) is 4.75. The van der Waals surface area contributed by atoms with Gasteiger partial charge in [-0.3, -0.25) is 0 Å². The highest BCUT2D eigenvalue weighted by molar-refractivity contribution is 5.32. The van der Waals surface area contributed by atoms with Gasteiger partial charge < -0.3 is 18.9 Å². The normalized spacial score (nSPS) is 10.9. The Morgan fingerprint density at radius 3 is 2.76 bits per heavy atom. The minimum absolute atomic E-state index is 0.644.